The topological polar surface area (TPSA) is 93.9 Å². The van der Waals surface area contributed by atoms with Gasteiger partial charge in [-0.05, 0) is 13.0 Å². The number of rotatable bonds is 8. The third-order valence-electron chi connectivity index (χ3n) is 3.67. The summed E-state index contributed by atoms with van der Waals surface area (Å²) in [4.78, 5) is 26.8. The molecule has 1 fully saturated rings. The molecule has 21 heavy (non-hydrogen) atoms. The van der Waals surface area contributed by atoms with Crippen molar-refractivity contribution in [3.63, 3.8) is 0 Å². The standard InChI is InChI=1S/C14H23N3O4/c1-3-6-17(8-13(18)16(2)7-4-5-15)12-10-21-9-11(12)14(19)20/h11-12H,3-4,6-10H2,1-2H3,(H,19,20). The lowest BCUT2D eigenvalue weighted by molar-refractivity contribution is -0.144. The maximum atomic E-state index is 12.2. The van der Waals surface area contributed by atoms with Crippen molar-refractivity contribution in [3.05, 3.63) is 0 Å². The SMILES string of the molecule is CCCN(CC(=O)N(C)CCC#N)C1COCC1C(=O)O. The molecule has 0 aromatic carbocycles. The lowest BCUT2D eigenvalue weighted by atomic mass is 10.0. The van der Waals surface area contributed by atoms with Crippen molar-refractivity contribution >= 4 is 11.9 Å². The highest BCUT2D eigenvalue weighted by atomic mass is 16.5. The summed E-state index contributed by atoms with van der Waals surface area (Å²) in [6.45, 7) is 3.72. The zero-order chi connectivity index (χ0) is 15.8. The number of carbonyl (C=O) groups is 2. The molecule has 0 radical (unpaired) electrons. The number of likely N-dealkylation sites (N-methyl/N-ethyl adjacent to an activating group) is 1. The Balaban J connectivity index is 2.66. The van der Waals surface area contributed by atoms with Gasteiger partial charge in [0.25, 0.3) is 0 Å². The van der Waals surface area contributed by atoms with Crippen LogP contribution < -0.4 is 0 Å². The average Bonchev–Trinajstić information content (AvgIpc) is 2.93. The normalized spacial score (nSPS) is 21.2. The van der Waals surface area contributed by atoms with Gasteiger partial charge in [0.05, 0.1) is 38.2 Å². The van der Waals surface area contributed by atoms with Gasteiger partial charge >= 0.3 is 5.97 Å². The van der Waals surface area contributed by atoms with Crippen LogP contribution >= 0.6 is 0 Å². The molecular formula is C14H23N3O4. The lowest BCUT2D eigenvalue weighted by Gasteiger charge is -2.30. The Bertz CT molecular complexity index is 408. The average molecular weight is 297 g/mol. The van der Waals surface area contributed by atoms with Crippen molar-refractivity contribution in [3.8, 4) is 6.07 Å². The number of hydrogen-bond acceptors (Lipinski definition) is 5. The van der Waals surface area contributed by atoms with Crippen molar-refractivity contribution in [2.45, 2.75) is 25.8 Å². The molecule has 0 spiro atoms. The molecule has 1 rings (SSSR count). The minimum atomic E-state index is -0.885. The Hall–Kier alpha value is -1.65. The molecule has 2 unspecified atom stereocenters. The second kappa shape index (κ2) is 8.60. The Kier molecular flexibility index (Phi) is 7.12. The highest BCUT2D eigenvalue weighted by Crippen LogP contribution is 2.20. The maximum Gasteiger partial charge on any atom is 0.310 e. The van der Waals surface area contributed by atoms with Crippen LogP contribution in [0, 0.1) is 17.2 Å². The summed E-state index contributed by atoms with van der Waals surface area (Å²) in [5.41, 5.74) is 0. The van der Waals surface area contributed by atoms with Crippen molar-refractivity contribution in [1.82, 2.24) is 9.80 Å². The van der Waals surface area contributed by atoms with Gasteiger partial charge in [-0.2, -0.15) is 5.26 Å². The van der Waals surface area contributed by atoms with Gasteiger partial charge in [-0.1, -0.05) is 6.92 Å². The monoisotopic (exact) mass is 297 g/mol. The van der Waals surface area contributed by atoms with Crippen LogP contribution in [-0.2, 0) is 14.3 Å². The van der Waals surface area contributed by atoms with Crippen molar-refractivity contribution < 1.29 is 19.4 Å². The number of carboxylic acid groups (broad SMARTS) is 1. The quantitative estimate of drug-likeness (QED) is 0.686. The lowest BCUT2D eigenvalue weighted by Crippen LogP contribution is -2.48. The van der Waals surface area contributed by atoms with Gasteiger partial charge in [0, 0.05) is 19.6 Å². The van der Waals surface area contributed by atoms with E-state index in [1.54, 1.807) is 7.05 Å². The Morgan fingerprint density at radius 3 is 2.67 bits per heavy atom. The Morgan fingerprint density at radius 1 is 1.38 bits per heavy atom. The van der Waals surface area contributed by atoms with E-state index in [4.69, 9.17) is 10.00 Å². The van der Waals surface area contributed by atoms with Gasteiger partial charge in [-0.25, -0.2) is 0 Å². The molecule has 0 aliphatic carbocycles. The molecular weight excluding hydrogens is 274 g/mol. The van der Waals surface area contributed by atoms with E-state index in [9.17, 15) is 14.7 Å². The molecule has 7 nitrogen and oxygen atoms in total. The van der Waals surface area contributed by atoms with E-state index in [1.165, 1.54) is 4.90 Å². The molecule has 0 aromatic rings. The number of carboxylic acids is 1. The molecule has 7 heteroatoms. The van der Waals surface area contributed by atoms with Crippen LogP contribution in [-0.4, -0.2) is 72.7 Å². The number of nitriles is 1. The molecule has 1 saturated heterocycles. The molecule has 2 atom stereocenters. The van der Waals surface area contributed by atoms with Crippen LogP contribution in [0.1, 0.15) is 19.8 Å². The zero-order valence-electron chi connectivity index (χ0n) is 12.6. The molecule has 1 amide bonds. The fourth-order valence-corrected chi connectivity index (χ4v) is 2.42. The van der Waals surface area contributed by atoms with Crippen LogP contribution in [0.2, 0.25) is 0 Å². The molecule has 1 heterocycles. The number of carbonyl (C=O) groups excluding carboxylic acids is 1. The summed E-state index contributed by atoms with van der Waals surface area (Å²) in [5, 5.41) is 17.8. The molecule has 1 aliphatic rings. The number of aliphatic carboxylic acids is 1. The molecule has 1 aliphatic heterocycles. The Labute approximate surface area is 125 Å². The van der Waals surface area contributed by atoms with Gasteiger partial charge in [-0.3, -0.25) is 14.5 Å². The zero-order valence-corrected chi connectivity index (χ0v) is 12.6. The van der Waals surface area contributed by atoms with E-state index in [0.717, 1.165) is 6.42 Å². The fourth-order valence-electron chi connectivity index (χ4n) is 2.42. The second-order valence-corrected chi connectivity index (χ2v) is 5.24. The highest BCUT2D eigenvalue weighted by Gasteiger charge is 2.38. The number of amides is 1. The van der Waals surface area contributed by atoms with Crippen molar-refractivity contribution in [1.29, 1.82) is 5.26 Å². The first-order chi connectivity index (χ1) is 10.0. The van der Waals surface area contributed by atoms with E-state index in [0.29, 0.717) is 26.1 Å². The van der Waals surface area contributed by atoms with Crippen LogP contribution in [0.15, 0.2) is 0 Å². The van der Waals surface area contributed by atoms with E-state index in [2.05, 4.69) is 0 Å². The highest BCUT2D eigenvalue weighted by molar-refractivity contribution is 5.78. The van der Waals surface area contributed by atoms with Gasteiger partial charge < -0.3 is 14.7 Å². The first-order valence-electron chi connectivity index (χ1n) is 7.16. The van der Waals surface area contributed by atoms with E-state index in [-0.39, 0.29) is 25.1 Å². The Morgan fingerprint density at radius 2 is 2.10 bits per heavy atom. The van der Waals surface area contributed by atoms with Gasteiger partial charge in [-0.15, -0.1) is 0 Å². The van der Waals surface area contributed by atoms with Crippen LogP contribution in [0.25, 0.3) is 0 Å². The van der Waals surface area contributed by atoms with E-state index < -0.39 is 11.9 Å². The summed E-state index contributed by atoms with van der Waals surface area (Å²) in [6, 6.07) is 1.74. The minimum absolute atomic E-state index is 0.102. The number of hydrogen-bond donors (Lipinski definition) is 1. The number of ether oxygens (including phenoxy) is 1. The van der Waals surface area contributed by atoms with Gasteiger partial charge in [0.1, 0.15) is 0 Å². The molecule has 118 valence electrons. The van der Waals surface area contributed by atoms with Crippen molar-refractivity contribution in [2.24, 2.45) is 5.92 Å². The molecule has 0 saturated carbocycles. The first kappa shape index (κ1) is 17.4. The summed E-state index contributed by atoms with van der Waals surface area (Å²) < 4.78 is 5.27. The van der Waals surface area contributed by atoms with E-state index in [1.807, 2.05) is 17.9 Å². The van der Waals surface area contributed by atoms with Crippen LogP contribution in [0.4, 0.5) is 0 Å². The van der Waals surface area contributed by atoms with E-state index >= 15 is 0 Å². The molecule has 0 aromatic heterocycles. The largest absolute Gasteiger partial charge is 0.481 e. The fraction of sp³-hybridized carbons (Fsp3) is 0.786. The summed E-state index contributed by atoms with van der Waals surface area (Å²) in [6.07, 6.45) is 1.12. The van der Waals surface area contributed by atoms with Crippen LogP contribution in [0.5, 0.6) is 0 Å². The molecule has 1 N–H and O–H groups in total. The van der Waals surface area contributed by atoms with Crippen molar-refractivity contribution in [2.75, 3.05) is 39.9 Å². The van der Waals surface area contributed by atoms with Gasteiger partial charge in [0.2, 0.25) is 5.91 Å². The van der Waals surface area contributed by atoms with Gasteiger partial charge in [0.15, 0.2) is 0 Å². The first-order valence-corrected chi connectivity index (χ1v) is 7.16. The summed E-state index contributed by atoms with van der Waals surface area (Å²) >= 11 is 0. The number of nitrogens with zero attached hydrogens (tertiary/aromatic N) is 3. The molecule has 0 bridgehead atoms. The maximum absolute atomic E-state index is 12.2. The minimum Gasteiger partial charge on any atom is -0.481 e. The summed E-state index contributed by atoms with van der Waals surface area (Å²) in [5.74, 6) is -1.58. The van der Waals surface area contributed by atoms with Crippen LogP contribution in [0.3, 0.4) is 0 Å². The summed E-state index contributed by atoms with van der Waals surface area (Å²) in [7, 11) is 1.66. The third kappa shape index (κ3) is 4.99. The second-order valence-electron chi connectivity index (χ2n) is 5.24. The predicted octanol–water partition coefficient (Wildman–Crippen LogP) is 0.170. The third-order valence-corrected chi connectivity index (χ3v) is 3.67. The smallest absolute Gasteiger partial charge is 0.310 e. The predicted molar refractivity (Wildman–Crippen MR) is 75.5 cm³/mol.